The number of oxazole rings is 1. The zero-order valence-corrected chi connectivity index (χ0v) is 25.8. The Kier molecular flexibility index (Phi) is 7.50. The molecule has 0 spiro atoms. The quantitative estimate of drug-likeness (QED) is 0.193. The van der Waals surface area contributed by atoms with E-state index in [9.17, 15) is 17.6 Å². The van der Waals surface area contributed by atoms with Crippen LogP contribution < -0.4 is 14.4 Å². The summed E-state index contributed by atoms with van der Waals surface area (Å²) in [5, 5.41) is 3.19. The Bertz CT molecular complexity index is 2250. The summed E-state index contributed by atoms with van der Waals surface area (Å²) in [5.74, 6) is -1.45. The zero-order valence-electron chi connectivity index (χ0n) is 24.2. The first kappa shape index (κ1) is 30.1. The van der Waals surface area contributed by atoms with Gasteiger partial charge in [0.1, 0.15) is 34.2 Å². The molecule has 0 radical (unpaired) electrons. The van der Waals surface area contributed by atoms with Crippen molar-refractivity contribution < 1.29 is 35.6 Å². The molecule has 0 aliphatic heterocycles. The summed E-state index contributed by atoms with van der Waals surface area (Å²) < 4.78 is 73.7. The minimum Gasteiger partial charge on any atom is -0.496 e. The van der Waals surface area contributed by atoms with E-state index in [1.54, 1.807) is 18.2 Å². The number of anilines is 1. The molecule has 4 aromatic carbocycles. The largest absolute Gasteiger partial charge is 0.496 e. The second-order valence-corrected chi connectivity index (χ2v) is 12.5. The first-order valence-corrected chi connectivity index (χ1v) is 15.6. The van der Waals surface area contributed by atoms with E-state index in [-0.39, 0.29) is 56.3 Å². The average Bonchev–Trinajstić information content (AvgIpc) is 3.62. The molecule has 9 nitrogen and oxygen atoms in total. The lowest BCUT2D eigenvalue weighted by atomic mass is 9.96. The molecule has 6 rings (SSSR count). The lowest BCUT2D eigenvalue weighted by Gasteiger charge is -2.21. The van der Waals surface area contributed by atoms with E-state index < -0.39 is 27.6 Å². The highest BCUT2D eigenvalue weighted by Gasteiger charge is 2.28. The van der Waals surface area contributed by atoms with Crippen molar-refractivity contribution in [1.29, 1.82) is 0 Å². The molecule has 230 valence electrons. The Balaban J connectivity index is 1.67. The van der Waals surface area contributed by atoms with Gasteiger partial charge in [-0.15, -0.1) is 0 Å². The van der Waals surface area contributed by atoms with Crippen LogP contribution in [0.3, 0.4) is 0 Å². The molecular weight excluding hydrogens is 628 g/mol. The van der Waals surface area contributed by atoms with Gasteiger partial charge in [-0.1, -0.05) is 17.7 Å². The number of para-hydroxylation sites is 1. The molecule has 0 aliphatic carbocycles. The van der Waals surface area contributed by atoms with Gasteiger partial charge in [0, 0.05) is 48.3 Å². The van der Waals surface area contributed by atoms with Gasteiger partial charge in [-0.3, -0.25) is 9.10 Å². The van der Waals surface area contributed by atoms with E-state index in [2.05, 4.69) is 10.3 Å². The molecule has 45 heavy (non-hydrogen) atoms. The number of benzene rings is 4. The maximum atomic E-state index is 16.0. The number of rotatable bonds is 7. The summed E-state index contributed by atoms with van der Waals surface area (Å²) in [7, 11) is 0.242. The number of ether oxygens (including phenoxy) is 1. The van der Waals surface area contributed by atoms with Crippen LogP contribution in [0.25, 0.3) is 56.0 Å². The summed E-state index contributed by atoms with van der Waals surface area (Å²) in [6.45, 7) is 0. The predicted molar refractivity (Wildman–Crippen MR) is 168 cm³/mol. The van der Waals surface area contributed by atoms with E-state index >= 15 is 4.39 Å². The number of nitrogens with one attached hydrogen (secondary N) is 1. The van der Waals surface area contributed by atoms with Crippen molar-refractivity contribution in [3.8, 4) is 39.7 Å². The van der Waals surface area contributed by atoms with Crippen LogP contribution in [0.4, 0.5) is 14.5 Å². The summed E-state index contributed by atoms with van der Waals surface area (Å²) in [5.41, 5.74) is 1.82. The number of hydrogen-bond acceptors (Lipinski definition) is 7. The SMILES string of the molecule is CNC(=O)c1c(-c2ccc(F)cc2)oc2cc(N(C)S(C)(=O)=O)c(-c3cc(-c4nc5c(Cl)cccc5o4)c(OC)cc3F)cc12. The van der Waals surface area contributed by atoms with Crippen molar-refractivity contribution in [3.63, 3.8) is 0 Å². The summed E-state index contributed by atoms with van der Waals surface area (Å²) in [6, 6.07) is 15.8. The van der Waals surface area contributed by atoms with E-state index in [4.69, 9.17) is 25.2 Å². The Labute approximate surface area is 261 Å². The predicted octanol–water partition coefficient (Wildman–Crippen LogP) is 7.27. The van der Waals surface area contributed by atoms with E-state index in [1.807, 2.05) is 0 Å². The van der Waals surface area contributed by atoms with Crippen molar-refractivity contribution in [2.45, 2.75) is 0 Å². The third kappa shape index (κ3) is 5.25. The van der Waals surface area contributed by atoms with Crippen molar-refractivity contribution in [2.75, 3.05) is 31.8 Å². The number of hydrogen-bond donors (Lipinski definition) is 1. The topological polar surface area (TPSA) is 115 Å². The fourth-order valence-corrected chi connectivity index (χ4v) is 5.79. The van der Waals surface area contributed by atoms with Crippen molar-refractivity contribution in [1.82, 2.24) is 10.3 Å². The number of methoxy groups -OCH3 is 1. The molecule has 0 saturated carbocycles. The standard InChI is InChI=1S/C32H24ClF2N3O6S/c1-36-31(39)28-20-13-19(24(38(2)45(4,40)41)15-27(20)43-30(28)16-8-10-17(34)11-9-16)18-12-21(26(42-3)14-23(18)35)32-37-29-22(33)6-5-7-25(29)44-32/h5-15H,1-4H3,(H,36,39). The van der Waals surface area contributed by atoms with Crippen LogP contribution in [0.5, 0.6) is 5.75 Å². The molecule has 0 bridgehead atoms. The van der Waals surface area contributed by atoms with Crippen LogP contribution in [0.2, 0.25) is 5.02 Å². The number of fused-ring (bicyclic) bond motifs is 2. The lowest BCUT2D eigenvalue weighted by molar-refractivity contribution is 0.0964. The Morgan fingerprint density at radius 3 is 2.36 bits per heavy atom. The van der Waals surface area contributed by atoms with Crippen LogP contribution in [0.15, 0.2) is 75.6 Å². The molecule has 0 fully saturated rings. The van der Waals surface area contributed by atoms with Gasteiger partial charge in [0.05, 0.1) is 35.2 Å². The van der Waals surface area contributed by atoms with Crippen LogP contribution in [-0.2, 0) is 10.0 Å². The van der Waals surface area contributed by atoms with Gasteiger partial charge in [0.2, 0.25) is 15.9 Å². The van der Waals surface area contributed by atoms with E-state index in [0.717, 1.165) is 16.6 Å². The van der Waals surface area contributed by atoms with Gasteiger partial charge in [-0.25, -0.2) is 22.2 Å². The highest BCUT2D eigenvalue weighted by Crippen LogP contribution is 2.44. The van der Waals surface area contributed by atoms with Gasteiger partial charge in [0.15, 0.2) is 5.58 Å². The minimum atomic E-state index is -3.87. The smallest absolute Gasteiger partial charge is 0.255 e. The normalized spacial score (nSPS) is 11.7. The number of carbonyl (C=O) groups is 1. The molecule has 6 aromatic rings. The minimum absolute atomic E-state index is 0.0426. The third-order valence-corrected chi connectivity index (χ3v) is 8.88. The van der Waals surface area contributed by atoms with Crippen molar-refractivity contribution in [2.24, 2.45) is 0 Å². The Morgan fingerprint density at radius 1 is 0.978 bits per heavy atom. The molecule has 0 unspecified atom stereocenters. The number of nitrogens with zero attached hydrogens (tertiary/aromatic N) is 2. The first-order valence-electron chi connectivity index (χ1n) is 13.4. The van der Waals surface area contributed by atoms with E-state index in [0.29, 0.717) is 21.7 Å². The summed E-state index contributed by atoms with van der Waals surface area (Å²) in [6.07, 6.45) is 1.00. The van der Waals surface area contributed by atoms with Crippen LogP contribution >= 0.6 is 11.6 Å². The fourth-order valence-electron chi connectivity index (χ4n) is 5.07. The monoisotopic (exact) mass is 651 g/mol. The van der Waals surface area contributed by atoms with Crippen LogP contribution in [-0.4, -0.2) is 46.8 Å². The molecular formula is C32H24ClF2N3O6S. The number of amides is 1. The van der Waals surface area contributed by atoms with Gasteiger partial charge in [-0.05, 0) is 48.5 Å². The molecule has 0 aliphatic rings. The van der Waals surface area contributed by atoms with Crippen LogP contribution in [0.1, 0.15) is 10.4 Å². The van der Waals surface area contributed by atoms with Gasteiger partial charge >= 0.3 is 0 Å². The maximum absolute atomic E-state index is 16.0. The molecule has 1 amide bonds. The lowest BCUT2D eigenvalue weighted by Crippen LogP contribution is -2.25. The second-order valence-electron chi connectivity index (χ2n) is 10.1. The fraction of sp³-hybridized carbons (Fsp3) is 0.125. The second kappa shape index (κ2) is 11.2. The molecule has 1 N–H and O–H groups in total. The average molecular weight is 652 g/mol. The molecule has 0 atom stereocenters. The van der Waals surface area contributed by atoms with E-state index in [1.165, 1.54) is 63.7 Å². The number of halogens is 3. The number of furan rings is 1. The maximum Gasteiger partial charge on any atom is 0.255 e. The van der Waals surface area contributed by atoms with Gasteiger partial charge in [-0.2, -0.15) is 0 Å². The molecule has 0 saturated heterocycles. The number of aromatic nitrogens is 1. The van der Waals surface area contributed by atoms with Gasteiger partial charge < -0.3 is 18.9 Å². The van der Waals surface area contributed by atoms with Crippen LogP contribution in [0, 0.1) is 11.6 Å². The highest BCUT2D eigenvalue weighted by atomic mass is 35.5. The van der Waals surface area contributed by atoms with Crippen molar-refractivity contribution >= 4 is 55.3 Å². The molecule has 2 aromatic heterocycles. The summed E-state index contributed by atoms with van der Waals surface area (Å²) >= 11 is 6.31. The molecule has 2 heterocycles. The third-order valence-electron chi connectivity index (χ3n) is 7.38. The zero-order chi connectivity index (χ0) is 32.2. The highest BCUT2D eigenvalue weighted by molar-refractivity contribution is 7.92. The number of carbonyl (C=O) groups excluding carboxylic acids is 1. The first-order chi connectivity index (χ1) is 21.4. The Morgan fingerprint density at radius 2 is 1.71 bits per heavy atom. The summed E-state index contributed by atoms with van der Waals surface area (Å²) in [4.78, 5) is 17.7. The molecule has 13 heteroatoms. The Hall–Kier alpha value is -4.94. The van der Waals surface area contributed by atoms with Gasteiger partial charge in [0.25, 0.3) is 5.91 Å². The van der Waals surface area contributed by atoms with Crippen molar-refractivity contribution in [3.05, 3.63) is 89.0 Å². The number of sulfonamides is 1.